The second-order valence-corrected chi connectivity index (χ2v) is 3.12. The van der Waals surface area contributed by atoms with Crippen LogP contribution in [0.2, 0.25) is 6.32 Å². The molecule has 1 aliphatic heterocycles. The molecule has 1 heterocycles. The molecule has 1 unspecified atom stereocenters. The first-order chi connectivity index (χ1) is 6.29. The van der Waals surface area contributed by atoms with E-state index in [1.54, 1.807) is 4.90 Å². The van der Waals surface area contributed by atoms with Crippen LogP contribution in [-0.2, 0) is 9.59 Å². The summed E-state index contributed by atoms with van der Waals surface area (Å²) in [6, 6.07) is 0.168. The molecule has 1 saturated heterocycles. The average Bonchev–Trinajstić information content (AvgIpc) is 2.61. The van der Waals surface area contributed by atoms with Gasteiger partial charge in [0.25, 0.3) is 0 Å². The Hall–Kier alpha value is -0.995. The minimum atomic E-state index is -0.0416. The van der Waals surface area contributed by atoms with Gasteiger partial charge in [0.2, 0.25) is 12.3 Å². The van der Waals surface area contributed by atoms with Crippen LogP contribution in [0.15, 0.2) is 0 Å². The molecule has 13 heavy (non-hydrogen) atoms. The van der Waals surface area contributed by atoms with Gasteiger partial charge in [-0.2, -0.15) is 0 Å². The summed E-state index contributed by atoms with van der Waals surface area (Å²) in [7, 11) is 5.51. The molecule has 0 aliphatic carbocycles. The quantitative estimate of drug-likeness (QED) is 0.459. The predicted molar refractivity (Wildman–Crippen MR) is 49.4 cm³/mol. The van der Waals surface area contributed by atoms with Crippen LogP contribution >= 0.6 is 0 Å². The van der Waals surface area contributed by atoms with Crippen molar-refractivity contribution >= 4 is 20.2 Å². The summed E-state index contributed by atoms with van der Waals surface area (Å²) in [4.78, 5) is 23.1. The maximum absolute atomic E-state index is 11.4. The molecule has 1 aliphatic rings. The predicted octanol–water partition coefficient (Wildman–Crippen LogP) is -0.690. The molecular formula is C8H13BN2O2. The van der Waals surface area contributed by atoms with Gasteiger partial charge in [-0.05, 0) is 12.8 Å². The van der Waals surface area contributed by atoms with Crippen LogP contribution in [0.3, 0.4) is 0 Å². The molecule has 70 valence electrons. The third-order valence-electron chi connectivity index (χ3n) is 2.31. The average molecular weight is 180 g/mol. The van der Waals surface area contributed by atoms with E-state index >= 15 is 0 Å². The molecule has 5 heteroatoms. The van der Waals surface area contributed by atoms with Crippen molar-refractivity contribution in [3.05, 3.63) is 0 Å². The second kappa shape index (κ2) is 4.89. The Balaban J connectivity index is 2.40. The lowest BCUT2D eigenvalue weighted by Gasteiger charge is -2.23. The highest BCUT2D eigenvalue weighted by molar-refractivity contribution is 6.09. The molecule has 0 spiro atoms. The van der Waals surface area contributed by atoms with E-state index in [0.29, 0.717) is 12.7 Å². The second-order valence-electron chi connectivity index (χ2n) is 3.12. The van der Waals surface area contributed by atoms with Gasteiger partial charge in [0.1, 0.15) is 0 Å². The van der Waals surface area contributed by atoms with Crippen LogP contribution < -0.4 is 5.32 Å². The summed E-state index contributed by atoms with van der Waals surface area (Å²) in [5, 5.41) is 2.36. The Morgan fingerprint density at radius 3 is 3.08 bits per heavy atom. The van der Waals surface area contributed by atoms with Gasteiger partial charge in [-0.15, -0.1) is 0 Å². The summed E-state index contributed by atoms with van der Waals surface area (Å²) < 4.78 is 0. The number of nitrogens with one attached hydrogen (secondary N) is 1. The highest BCUT2D eigenvalue weighted by Crippen LogP contribution is 2.18. The van der Waals surface area contributed by atoms with Gasteiger partial charge in [0, 0.05) is 12.6 Å². The number of hydrogen-bond donors (Lipinski definition) is 1. The van der Waals surface area contributed by atoms with Crippen molar-refractivity contribution in [3.8, 4) is 0 Å². The van der Waals surface area contributed by atoms with Crippen LogP contribution in [0, 0.1) is 0 Å². The molecule has 2 radical (unpaired) electrons. The zero-order valence-electron chi connectivity index (χ0n) is 7.53. The van der Waals surface area contributed by atoms with Crippen LogP contribution in [0.1, 0.15) is 12.8 Å². The van der Waals surface area contributed by atoms with Crippen molar-refractivity contribution in [2.24, 2.45) is 0 Å². The minimum Gasteiger partial charge on any atom is -0.350 e. The number of rotatable bonds is 4. The van der Waals surface area contributed by atoms with E-state index in [1.807, 2.05) is 0 Å². The smallest absolute Gasteiger partial charge is 0.242 e. The van der Waals surface area contributed by atoms with E-state index in [2.05, 4.69) is 5.32 Å². The molecule has 0 aromatic heterocycles. The summed E-state index contributed by atoms with van der Waals surface area (Å²) in [6.45, 7) is 0.848. The van der Waals surface area contributed by atoms with Crippen LogP contribution in [-0.4, -0.2) is 44.2 Å². The summed E-state index contributed by atoms with van der Waals surface area (Å²) in [5.74, 6) is -0.0416. The number of carbonyl (C=O) groups is 2. The molecule has 0 bridgehead atoms. The molecule has 1 atom stereocenters. The molecule has 2 amide bonds. The van der Waals surface area contributed by atoms with E-state index in [-0.39, 0.29) is 18.5 Å². The van der Waals surface area contributed by atoms with E-state index in [9.17, 15) is 9.59 Å². The van der Waals surface area contributed by atoms with Crippen molar-refractivity contribution in [2.45, 2.75) is 25.2 Å². The van der Waals surface area contributed by atoms with Gasteiger partial charge in [-0.1, -0.05) is 6.32 Å². The molecule has 0 saturated carbocycles. The fourth-order valence-electron chi connectivity index (χ4n) is 1.64. The number of nitrogens with zero attached hydrogens (tertiary/aromatic N) is 1. The van der Waals surface area contributed by atoms with Crippen LogP contribution in [0.4, 0.5) is 0 Å². The first-order valence-electron chi connectivity index (χ1n) is 4.46. The SMILES string of the molecule is [B]CC1CCCN1C(=O)CNC=O. The van der Waals surface area contributed by atoms with Gasteiger partial charge in [0.15, 0.2) is 0 Å². The van der Waals surface area contributed by atoms with Crippen LogP contribution in [0.25, 0.3) is 0 Å². The fourth-order valence-corrected chi connectivity index (χ4v) is 1.64. The van der Waals surface area contributed by atoms with E-state index in [1.165, 1.54) is 0 Å². The summed E-state index contributed by atoms with van der Waals surface area (Å²) >= 11 is 0. The highest BCUT2D eigenvalue weighted by Gasteiger charge is 2.26. The first kappa shape index (κ1) is 10.1. The number of likely N-dealkylation sites (tertiary alicyclic amines) is 1. The lowest BCUT2D eigenvalue weighted by atomic mass is 9.95. The maximum atomic E-state index is 11.4. The fraction of sp³-hybridized carbons (Fsp3) is 0.750. The van der Waals surface area contributed by atoms with Crippen molar-refractivity contribution in [1.29, 1.82) is 0 Å². The lowest BCUT2D eigenvalue weighted by molar-refractivity contribution is -0.131. The topological polar surface area (TPSA) is 49.4 Å². The molecule has 0 aromatic carbocycles. The third kappa shape index (κ3) is 2.47. The Bertz CT molecular complexity index is 199. The monoisotopic (exact) mass is 180 g/mol. The van der Waals surface area contributed by atoms with Crippen molar-refractivity contribution in [3.63, 3.8) is 0 Å². The third-order valence-corrected chi connectivity index (χ3v) is 2.31. The first-order valence-corrected chi connectivity index (χ1v) is 4.46. The van der Waals surface area contributed by atoms with Crippen molar-refractivity contribution in [2.75, 3.05) is 13.1 Å². The van der Waals surface area contributed by atoms with Gasteiger partial charge < -0.3 is 10.2 Å². The zero-order valence-corrected chi connectivity index (χ0v) is 7.53. The molecule has 1 N–H and O–H groups in total. The normalized spacial score (nSPS) is 21.5. The minimum absolute atomic E-state index is 0.0416. The molecule has 4 nitrogen and oxygen atoms in total. The largest absolute Gasteiger partial charge is 0.350 e. The van der Waals surface area contributed by atoms with Gasteiger partial charge in [-0.25, -0.2) is 0 Å². The number of hydrogen-bond acceptors (Lipinski definition) is 2. The molecule has 0 aromatic rings. The standard InChI is InChI=1S/C8H13BN2O2/c9-4-7-2-1-3-11(7)8(13)5-10-6-12/h6-7H,1-5H2,(H,10,12). The summed E-state index contributed by atoms with van der Waals surface area (Å²) in [6.07, 6.45) is 3.02. The molecular weight excluding hydrogens is 167 g/mol. The Morgan fingerprint density at radius 2 is 2.46 bits per heavy atom. The maximum Gasteiger partial charge on any atom is 0.242 e. The zero-order chi connectivity index (χ0) is 9.68. The van der Waals surface area contributed by atoms with E-state index < -0.39 is 0 Å². The Labute approximate surface area is 79.1 Å². The number of carbonyl (C=O) groups excluding carboxylic acids is 2. The summed E-state index contributed by atoms with van der Waals surface area (Å²) in [5.41, 5.74) is 0. The van der Waals surface area contributed by atoms with Crippen molar-refractivity contribution < 1.29 is 9.59 Å². The van der Waals surface area contributed by atoms with Gasteiger partial charge in [-0.3, -0.25) is 9.59 Å². The number of amides is 2. The van der Waals surface area contributed by atoms with Crippen LogP contribution in [0.5, 0.6) is 0 Å². The molecule has 1 fully saturated rings. The lowest BCUT2D eigenvalue weighted by Crippen LogP contribution is -2.40. The van der Waals surface area contributed by atoms with Crippen molar-refractivity contribution in [1.82, 2.24) is 10.2 Å². The Kier molecular flexibility index (Phi) is 3.80. The highest BCUT2D eigenvalue weighted by atomic mass is 16.2. The van der Waals surface area contributed by atoms with E-state index in [0.717, 1.165) is 19.4 Å². The van der Waals surface area contributed by atoms with Gasteiger partial charge in [0.05, 0.1) is 14.4 Å². The van der Waals surface area contributed by atoms with Gasteiger partial charge >= 0.3 is 0 Å². The molecule has 1 rings (SSSR count). The van der Waals surface area contributed by atoms with E-state index in [4.69, 9.17) is 7.85 Å². The Morgan fingerprint density at radius 1 is 1.69 bits per heavy atom.